The van der Waals surface area contributed by atoms with Gasteiger partial charge in [-0.25, -0.2) is 9.97 Å². The third-order valence-electron chi connectivity index (χ3n) is 10.2. The standard InChI is InChI=1S/C48H37N8/c1-5-53-25-17-33(18-26-53)45-37-9-11-39(49-37)46(34-19-27-54(6-2)28-20-34)41-13-15-43(51-41)48(36-23-31-56(8-4)32-24-36)44-16-14-42(52-44)47(40-12-10-38(45)50-40)35-21-29-55(7-3)30-22-35/h5-32H,1-4H2,(H,49,50,51,52)/q+3/p+1. The Hall–Kier alpha value is -7.84. The van der Waals surface area contributed by atoms with Crippen molar-refractivity contribution in [2.45, 2.75) is 0 Å². The van der Waals surface area contributed by atoms with E-state index in [1.165, 1.54) is 0 Å². The number of fused-ring (bicyclic) bond motifs is 8. The minimum absolute atomic E-state index is 0.840. The second-order valence-electron chi connectivity index (χ2n) is 13.4. The second kappa shape index (κ2) is 14.2. The van der Waals surface area contributed by atoms with Gasteiger partial charge in [-0.15, -0.1) is 0 Å². The summed E-state index contributed by atoms with van der Waals surface area (Å²) in [6.07, 6.45) is 31.5. The minimum atomic E-state index is 0.840. The van der Waals surface area contributed by atoms with Crippen molar-refractivity contribution in [3.63, 3.8) is 0 Å². The van der Waals surface area contributed by atoms with Crippen molar-refractivity contribution in [1.29, 1.82) is 0 Å². The fourth-order valence-electron chi connectivity index (χ4n) is 7.33. The lowest BCUT2D eigenvalue weighted by molar-refractivity contribution is -0.568. The van der Waals surface area contributed by atoms with Gasteiger partial charge in [0.1, 0.15) is 0 Å². The average Bonchev–Trinajstić information content (AvgIpc) is 4.10. The zero-order valence-corrected chi connectivity index (χ0v) is 30.7. The van der Waals surface area contributed by atoms with Crippen LogP contribution in [0.3, 0.4) is 0 Å². The number of hydrogen-bond acceptors (Lipinski definition) is 2. The van der Waals surface area contributed by atoms with Crippen LogP contribution in [0.15, 0.2) is 149 Å². The predicted molar refractivity (Wildman–Crippen MR) is 227 cm³/mol. The van der Waals surface area contributed by atoms with Gasteiger partial charge in [0.2, 0.25) is 0 Å². The molecule has 2 aliphatic heterocycles. The first kappa shape index (κ1) is 34.0. The van der Waals surface area contributed by atoms with Gasteiger partial charge in [0.05, 0.1) is 22.8 Å². The Morgan fingerprint density at radius 3 is 0.750 bits per heavy atom. The molecule has 0 spiro atoms. The van der Waals surface area contributed by atoms with Crippen molar-refractivity contribution < 1.29 is 18.3 Å². The molecule has 0 atom stereocenters. The van der Waals surface area contributed by atoms with E-state index in [-0.39, 0.29) is 0 Å². The van der Waals surface area contributed by atoms with E-state index in [1.807, 2.05) is 67.8 Å². The lowest BCUT2D eigenvalue weighted by atomic mass is 10.0. The minimum Gasteiger partial charge on any atom is -0.354 e. The molecule has 2 aliphatic rings. The van der Waals surface area contributed by atoms with Gasteiger partial charge in [-0.1, -0.05) is 0 Å². The van der Waals surface area contributed by atoms with Crippen LogP contribution < -0.4 is 18.3 Å². The third-order valence-corrected chi connectivity index (χ3v) is 10.2. The molecule has 7 aromatic heterocycles. The highest BCUT2D eigenvalue weighted by Gasteiger charge is 2.20. The van der Waals surface area contributed by atoms with Gasteiger partial charge in [0, 0.05) is 92.9 Å². The summed E-state index contributed by atoms with van der Waals surface area (Å²) in [7, 11) is 0. The van der Waals surface area contributed by atoms with E-state index in [1.54, 1.807) is 24.8 Å². The highest BCUT2D eigenvalue weighted by Crippen LogP contribution is 2.38. The monoisotopic (exact) mass is 726 g/mol. The molecule has 0 fully saturated rings. The van der Waals surface area contributed by atoms with E-state index in [4.69, 9.17) is 9.97 Å². The first-order chi connectivity index (χ1) is 27.5. The Labute approximate surface area is 324 Å². The summed E-state index contributed by atoms with van der Waals surface area (Å²) in [5, 5.41) is 0. The molecular weight excluding hydrogens is 689 g/mol. The van der Waals surface area contributed by atoms with Crippen molar-refractivity contribution in [3.05, 3.63) is 171 Å². The molecule has 266 valence electrons. The predicted octanol–water partition coefficient (Wildman–Crippen LogP) is 8.88. The summed E-state index contributed by atoms with van der Waals surface area (Å²) in [6, 6.07) is 25.3. The second-order valence-corrected chi connectivity index (χ2v) is 13.4. The first-order valence-corrected chi connectivity index (χ1v) is 18.2. The van der Waals surface area contributed by atoms with Crippen LogP contribution in [0.1, 0.15) is 22.8 Å². The molecule has 0 saturated heterocycles. The van der Waals surface area contributed by atoms with E-state index in [0.29, 0.717) is 0 Å². The van der Waals surface area contributed by atoms with Crippen molar-refractivity contribution in [1.82, 2.24) is 19.9 Å². The Balaban J connectivity index is 1.45. The zero-order chi connectivity index (χ0) is 38.2. The van der Waals surface area contributed by atoms with Crippen LogP contribution in [0.25, 0.3) is 116 Å². The molecule has 0 unspecified atom stereocenters. The smallest absolute Gasteiger partial charge is 0.175 e. The molecule has 0 aliphatic carbocycles. The molecule has 7 aromatic rings. The van der Waals surface area contributed by atoms with Gasteiger partial charge < -0.3 is 9.97 Å². The molecular formula is C48H38N8+4. The summed E-state index contributed by atoms with van der Waals surface area (Å²) in [5.41, 5.74) is 15.0. The number of nitrogens with zero attached hydrogens (tertiary/aromatic N) is 6. The van der Waals surface area contributed by atoms with Gasteiger partial charge >= 0.3 is 0 Å². The van der Waals surface area contributed by atoms with Crippen LogP contribution in [0, 0.1) is 0 Å². The molecule has 0 amide bonds. The molecule has 0 aromatic carbocycles. The van der Waals surface area contributed by atoms with Crippen LogP contribution in [-0.2, 0) is 0 Å². The highest BCUT2D eigenvalue weighted by atomic mass is 14.9. The van der Waals surface area contributed by atoms with Crippen molar-refractivity contribution in [3.8, 4) is 44.5 Å². The number of H-pyrrole nitrogens is 2. The third kappa shape index (κ3) is 6.11. The van der Waals surface area contributed by atoms with E-state index < -0.39 is 0 Å². The number of hydrogen-bond donors (Lipinski definition) is 2. The fourth-order valence-corrected chi connectivity index (χ4v) is 7.33. The molecule has 0 saturated carbocycles. The number of aromatic nitrogens is 8. The summed E-state index contributed by atoms with van der Waals surface area (Å²) in [5.74, 6) is 0. The maximum Gasteiger partial charge on any atom is 0.175 e. The van der Waals surface area contributed by atoms with Gasteiger partial charge in [-0.2, -0.15) is 18.3 Å². The Bertz CT molecular complexity index is 2550. The Morgan fingerprint density at radius 2 is 0.554 bits per heavy atom. The molecule has 56 heavy (non-hydrogen) atoms. The van der Waals surface area contributed by atoms with E-state index in [9.17, 15) is 0 Å². The fraction of sp³-hybridized carbons (Fsp3) is 0. The number of rotatable bonds is 8. The zero-order valence-electron chi connectivity index (χ0n) is 30.7. The largest absolute Gasteiger partial charge is 0.354 e. The maximum absolute atomic E-state index is 5.39. The van der Waals surface area contributed by atoms with E-state index >= 15 is 0 Å². The van der Waals surface area contributed by atoms with Crippen LogP contribution >= 0.6 is 0 Å². The van der Waals surface area contributed by atoms with Crippen molar-refractivity contribution >= 4 is 71.2 Å². The quantitative estimate of drug-likeness (QED) is 0.154. The van der Waals surface area contributed by atoms with Gasteiger partial charge in [0.15, 0.2) is 74.4 Å². The van der Waals surface area contributed by atoms with Gasteiger partial charge in [-0.3, -0.25) is 0 Å². The lowest BCUT2D eigenvalue weighted by Gasteiger charge is -2.06. The van der Waals surface area contributed by atoms with Crippen molar-refractivity contribution in [2.75, 3.05) is 0 Å². The molecule has 2 N–H and O–H groups in total. The Kier molecular flexibility index (Phi) is 8.60. The molecule has 9 heterocycles. The van der Waals surface area contributed by atoms with Crippen molar-refractivity contribution in [2.24, 2.45) is 0 Å². The average molecular weight is 727 g/mol. The molecule has 8 nitrogen and oxygen atoms in total. The molecule has 0 radical (unpaired) electrons. The Morgan fingerprint density at radius 1 is 0.339 bits per heavy atom. The molecule has 8 heteroatoms. The van der Waals surface area contributed by atoms with Gasteiger partial charge in [-0.05, 0) is 97.1 Å². The first-order valence-electron chi connectivity index (χ1n) is 18.2. The number of aromatic amines is 2. The number of pyridine rings is 4. The molecule has 8 bridgehead atoms. The lowest BCUT2D eigenvalue weighted by Crippen LogP contribution is -2.23. The van der Waals surface area contributed by atoms with E-state index in [0.717, 1.165) is 89.4 Å². The summed E-state index contributed by atoms with van der Waals surface area (Å²) in [4.78, 5) is 18.4. The number of nitrogens with one attached hydrogen (secondary N) is 2. The summed E-state index contributed by atoms with van der Waals surface area (Å²) >= 11 is 0. The SMILES string of the molecule is C=C[n+]1ccc(-c2c3nc(c(-c4cc[n+](C=C)cc4)c4ccc([nH]4)c(-c4cc[n+](C=C)cc4)c4nc(c(-c5cc[n+](C=C)cc5)c5ccc2[nH]5)C=C4)C=C3)cc1. The maximum atomic E-state index is 5.39. The van der Waals surface area contributed by atoms with Crippen LogP contribution in [0.5, 0.6) is 0 Å². The van der Waals surface area contributed by atoms with Gasteiger partial charge in [0.25, 0.3) is 0 Å². The van der Waals surface area contributed by atoms with Crippen LogP contribution in [0.2, 0.25) is 0 Å². The highest BCUT2D eigenvalue weighted by molar-refractivity contribution is 5.99. The van der Waals surface area contributed by atoms with Crippen LogP contribution in [0.4, 0.5) is 0 Å². The topological polar surface area (TPSA) is 72.9 Å². The molecule has 9 rings (SSSR count). The van der Waals surface area contributed by atoms with Crippen LogP contribution in [-0.4, -0.2) is 19.9 Å². The summed E-state index contributed by atoms with van der Waals surface area (Å²) in [6.45, 7) is 15.8. The normalized spacial score (nSPS) is 11.7. The van der Waals surface area contributed by atoms with E-state index in [2.05, 4.69) is 133 Å². The summed E-state index contributed by atoms with van der Waals surface area (Å²) < 4.78 is 7.71.